The topological polar surface area (TPSA) is 181 Å². The molecule has 0 unspecified atom stereocenters. The van der Waals surface area contributed by atoms with Gasteiger partial charge in [0.25, 0.3) is 0 Å². The molecule has 2 fully saturated rings. The smallest absolute Gasteiger partial charge is 0.176 e. The molecule has 0 aromatic heterocycles. The lowest BCUT2D eigenvalue weighted by atomic mass is 9.84. The molecule has 4 aromatic rings. The third-order valence-corrected chi connectivity index (χ3v) is 8.87. The number of nitrogens with two attached hydrogens (primary N) is 4. The van der Waals surface area contributed by atoms with Gasteiger partial charge in [-0.2, -0.15) is 0 Å². The van der Waals surface area contributed by atoms with Crippen molar-refractivity contribution in [2.75, 3.05) is 6.54 Å². The Hall–Kier alpha value is -3.00. The van der Waals surface area contributed by atoms with Crippen LogP contribution in [0.4, 0.5) is 0 Å². The maximum absolute atomic E-state index is 11.4. The summed E-state index contributed by atoms with van der Waals surface area (Å²) in [4.78, 5) is 0. The lowest BCUT2D eigenvalue weighted by molar-refractivity contribution is -0.295. The minimum Gasteiger partial charge on any atom is -0.388 e. The monoisotopic (exact) mass is 602 g/mol. The highest BCUT2D eigenvalue weighted by Crippen LogP contribution is 2.31. The molecule has 2 aliphatic rings. The highest BCUT2D eigenvalue weighted by Gasteiger charge is 2.49. The van der Waals surface area contributed by atoms with Gasteiger partial charge in [0.05, 0.1) is 19.3 Å². The van der Waals surface area contributed by atoms with Gasteiger partial charge < -0.3 is 52.1 Å². The van der Waals surface area contributed by atoms with Crippen LogP contribution >= 0.6 is 0 Å². The van der Waals surface area contributed by atoms with Crippen LogP contribution in [0.2, 0.25) is 0 Å². The molecule has 10 heteroatoms. The summed E-state index contributed by atoms with van der Waals surface area (Å²) in [5, 5.41) is 26.9. The number of aliphatic hydroxyl groups excluding tert-OH is 2. The number of rotatable bonds is 9. The van der Waals surface area contributed by atoms with Gasteiger partial charge in [0.2, 0.25) is 0 Å². The highest BCUT2D eigenvalue weighted by atomic mass is 16.7. The molecule has 1 saturated heterocycles. The van der Waals surface area contributed by atoms with Gasteiger partial charge >= 0.3 is 0 Å². The number of fused-ring (bicyclic) bond motifs is 2. The van der Waals surface area contributed by atoms with Crippen LogP contribution < -0.4 is 22.9 Å². The van der Waals surface area contributed by atoms with E-state index < -0.39 is 61.0 Å². The zero-order valence-corrected chi connectivity index (χ0v) is 24.5. The fourth-order valence-corrected chi connectivity index (χ4v) is 6.42. The minimum atomic E-state index is -1.15. The van der Waals surface area contributed by atoms with Gasteiger partial charge in [0, 0.05) is 18.6 Å². The summed E-state index contributed by atoms with van der Waals surface area (Å²) in [6, 6.07) is 26.2. The first-order valence-corrected chi connectivity index (χ1v) is 15.2. The van der Waals surface area contributed by atoms with Crippen LogP contribution in [0.15, 0.2) is 84.9 Å². The van der Waals surface area contributed by atoms with Crippen molar-refractivity contribution in [3.63, 3.8) is 0 Å². The second-order valence-corrected chi connectivity index (χ2v) is 11.9. The molecule has 0 spiro atoms. The average Bonchev–Trinajstić information content (AvgIpc) is 3.03. The third-order valence-electron chi connectivity index (χ3n) is 8.87. The van der Waals surface area contributed by atoms with Crippen molar-refractivity contribution in [1.29, 1.82) is 0 Å². The Bertz CT molecular complexity index is 1550. The Labute approximate surface area is 256 Å². The quantitative estimate of drug-likeness (QED) is 0.165. The summed E-state index contributed by atoms with van der Waals surface area (Å²) in [6.07, 6.45) is -6.19. The van der Waals surface area contributed by atoms with Gasteiger partial charge in [0.15, 0.2) is 6.29 Å². The lowest BCUT2D eigenvalue weighted by Crippen LogP contribution is -2.68. The summed E-state index contributed by atoms with van der Waals surface area (Å²) >= 11 is 0. The summed E-state index contributed by atoms with van der Waals surface area (Å²) in [5.41, 5.74) is 27.3. The van der Waals surface area contributed by atoms with E-state index in [1.807, 2.05) is 72.8 Å². The number of ether oxygens (including phenoxy) is 4. The molecule has 1 aliphatic carbocycles. The molecule has 4 aromatic carbocycles. The molecule has 44 heavy (non-hydrogen) atoms. The summed E-state index contributed by atoms with van der Waals surface area (Å²) in [5.74, 6) is 0. The van der Waals surface area contributed by atoms with Crippen LogP contribution in [0.25, 0.3) is 21.5 Å². The van der Waals surface area contributed by atoms with Crippen molar-refractivity contribution >= 4 is 21.5 Å². The largest absolute Gasteiger partial charge is 0.388 e. The Balaban J connectivity index is 1.14. The molecule has 1 heterocycles. The number of benzene rings is 4. The molecule has 1 aliphatic heterocycles. The van der Waals surface area contributed by atoms with E-state index in [0.29, 0.717) is 6.42 Å². The number of hydrogen-bond acceptors (Lipinski definition) is 10. The Morgan fingerprint density at radius 2 is 1.39 bits per heavy atom. The van der Waals surface area contributed by atoms with E-state index in [-0.39, 0.29) is 19.8 Å². The zero-order chi connectivity index (χ0) is 30.8. The Kier molecular flexibility index (Phi) is 9.55. The lowest BCUT2D eigenvalue weighted by Gasteiger charge is -2.47. The first kappa shape index (κ1) is 31.0. The first-order chi connectivity index (χ1) is 21.3. The molecular weight excluding hydrogens is 560 g/mol. The van der Waals surface area contributed by atoms with Crippen LogP contribution in [-0.4, -0.2) is 77.8 Å². The molecule has 0 amide bonds. The van der Waals surface area contributed by atoms with Gasteiger partial charge in [-0.25, -0.2) is 0 Å². The van der Waals surface area contributed by atoms with Gasteiger partial charge in [-0.05, 0) is 45.2 Å². The number of hydrogen-bond donors (Lipinski definition) is 6. The fraction of sp³-hybridized carbons (Fsp3) is 0.412. The van der Waals surface area contributed by atoms with E-state index >= 15 is 0 Å². The van der Waals surface area contributed by atoms with E-state index in [2.05, 4.69) is 12.1 Å². The van der Waals surface area contributed by atoms with Gasteiger partial charge in [0.1, 0.15) is 36.6 Å². The standard InChI is InChI=1S/C34H42N4O6/c35-16-27-29(39)33(42-18-23-10-5-9-21-7-3-4-11-24(21)23)28(38)34(43-27)44-32-26(37)15-25(36)31(30(32)40)41-17-19-12-13-20-6-1-2-8-22(20)14-19/h1-14,25-34,39-40H,15-18,35-38H2/t25-,26+,27-,28-,29-,30-,31+,32-,33-,34-/m1/s1. The fourth-order valence-electron chi connectivity index (χ4n) is 6.42. The van der Waals surface area contributed by atoms with Crippen molar-refractivity contribution in [2.45, 2.75) is 80.7 Å². The van der Waals surface area contributed by atoms with Crippen molar-refractivity contribution in [1.82, 2.24) is 0 Å². The SMILES string of the molecule is NC[C@H]1O[C@H](O[C@H]2[C@H](O)[C@@H](OCc3ccc4ccccc4c3)[C@H](N)C[C@@H]2N)[C@H](N)[C@@H](OCc2cccc3ccccc23)[C@@H]1O. The normalized spacial score (nSPS) is 32.7. The molecule has 10 atom stereocenters. The molecule has 6 rings (SSSR count). The van der Waals surface area contributed by atoms with Crippen LogP contribution in [0.1, 0.15) is 17.5 Å². The van der Waals surface area contributed by atoms with E-state index in [4.69, 9.17) is 41.9 Å². The molecule has 10 N–H and O–H groups in total. The van der Waals surface area contributed by atoms with Crippen LogP contribution in [0.3, 0.4) is 0 Å². The molecule has 0 radical (unpaired) electrons. The molecular formula is C34H42N4O6. The summed E-state index contributed by atoms with van der Waals surface area (Å²) < 4.78 is 24.7. The minimum absolute atomic E-state index is 0.0174. The van der Waals surface area contributed by atoms with E-state index in [0.717, 1.165) is 32.7 Å². The third kappa shape index (κ3) is 6.37. The van der Waals surface area contributed by atoms with Crippen molar-refractivity contribution in [2.24, 2.45) is 22.9 Å². The summed E-state index contributed by atoms with van der Waals surface area (Å²) in [6.45, 7) is 0.489. The van der Waals surface area contributed by atoms with Crippen molar-refractivity contribution in [3.05, 3.63) is 96.1 Å². The Morgan fingerprint density at radius 1 is 0.705 bits per heavy atom. The maximum atomic E-state index is 11.4. The zero-order valence-electron chi connectivity index (χ0n) is 24.5. The van der Waals surface area contributed by atoms with E-state index in [9.17, 15) is 10.2 Å². The molecule has 0 bridgehead atoms. The van der Waals surface area contributed by atoms with E-state index in [1.165, 1.54) is 0 Å². The highest BCUT2D eigenvalue weighted by molar-refractivity contribution is 5.85. The Morgan fingerprint density at radius 3 is 2.18 bits per heavy atom. The average molecular weight is 603 g/mol. The summed E-state index contributed by atoms with van der Waals surface area (Å²) in [7, 11) is 0. The van der Waals surface area contributed by atoms with Gasteiger partial charge in [-0.3, -0.25) is 0 Å². The predicted octanol–water partition coefficient (Wildman–Crippen LogP) is 1.64. The number of aliphatic hydroxyl groups is 2. The van der Waals surface area contributed by atoms with E-state index in [1.54, 1.807) is 0 Å². The van der Waals surface area contributed by atoms with Gasteiger partial charge in [-0.1, -0.05) is 78.9 Å². The molecule has 234 valence electrons. The first-order valence-electron chi connectivity index (χ1n) is 15.2. The second kappa shape index (κ2) is 13.6. The van der Waals surface area contributed by atoms with Crippen LogP contribution in [0, 0.1) is 0 Å². The van der Waals surface area contributed by atoms with Crippen molar-refractivity contribution in [3.8, 4) is 0 Å². The van der Waals surface area contributed by atoms with Crippen LogP contribution in [-0.2, 0) is 32.2 Å². The van der Waals surface area contributed by atoms with Crippen molar-refractivity contribution < 1.29 is 29.2 Å². The van der Waals surface area contributed by atoms with Gasteiger partial charge in [-0.15, -0.1) is 0 Å². The second-order valence-electron chi connectivity index (χ2n) is 11.9. The molecule has 10 nitrogen and oxygen atoms in total. The molecule has 1 saturated carbocycles. The maximum Gasteiger partial charge on any atom is 0.176 e. The van der Waals surface area contributed by atoms with Crippen LogP contribution in [0.5, 0.6) is 0 Å². The predicted molar refractivity (Wildman–Crippen MR) is 168 cm³/mol.